The SMILES string of the molecule is CCc1ccc([C@@H](N[C@@H](C)C(=O)Nc2ccc3[nH]c(=O)[nH]c3c2)c2cccs2)cc1. The van der Waals surface area contributed by atoms with Crippen molar-refractivity contribution in [2.75, 3.05) is 5.32 Å². The zero-order valence-electron chi connectivity index (χ0n) is 16.9. The number of aryl methyl sites for hydroxylation is 1. The summed E-state index contributed by atoms with van der Waals surface area (Å²) in [7, 11) is 0. The molecule has 0 fully saturated rings. The molecule has 0 aliphatic carbocycles. The lowest BCUT2D eigenvalue weighted by Gasteiger charge is -2.23. The van der Waals surface area contributed by atoms with Crippen LogP contribution in [0.5, 0.6) is 0 Å². The zero-order chi connectivity index (χ0) is 21.1. The molecule has 6 nitrogen and oxygen atoms in total. The predicted octanol–water partition coefficient (Wildman–Crippen LogP) is 4.19. The highest BCUT2D eigenvalue weighted by atomic mass is 32.1. The number of amides is 1. The number of thiophene rings is 1. The van der Waals surface area contributed by atoms with Gasteiger partial charge in [-0.1, -0.05) is 37.3 Å². The van der Waals surface area contributed by atoms with Crippen LogP contribution >= 0.6 is 11.3 Å². The summed E-state index contributed by atoms with van der Waals surface area (Å²) in [5.74, 6) is -0.140. The van der Waals surface area contributed by atoms with Gasteiger partial charge in [0.15, 0.2) is 0 Å². The monoisotopic (exact) mass is 420 g/mol. The summed E-state index contributed by atoms with van der Waals surface area (Å²) >= 11 is 1.67. The lowest BCUT2D eigenvalue weighted by molar-refractivity contribution is -0.117. The van der Waals surface area contributed by atoms with Crippen molar-refractivity contribution in [2.45, 2.75) is 32.4 Å². The Labute approximate surface area is 178 Å². The average molecular weight is 421 g/mol. The topological polar surface area (TPSA) is 89.8 Å². The van der Waals surface area contributed by atoms with Crippen molar-refractivity contribution in [3.8, 4) is 0 Å². The van der Waals surface area contributed by atoms with Gasteiger partial charge in [-0.25, -0.2) is 4.79 Å². The minimum atomic E-state index is -0.427. The molecule has 2 heterocycles. The third kappa shape index (κ3) is 4.37. The molecule has 7 heteroatoms. The second-order valence-corrected chi connectivity index (χ2v) is 8.24. The molecule has 30 heavy (non-hydrogen) atoms. The van der Waals surface area contributed by atoms with Crippen molar-refractivity contribution < 1.29 is 4.79 Å². The molecule has 0 aliphatic rings. The van der Waals surface area contributed by atoms with Gasteiger partial charge in [0.2, 0.25) is 5.91 Å². The van der Waals surface area contributed by atoms with Crippen molar-refractivity contribution in [3.05, 3.63) is 86.5 Å². The molecular formula is C23H24N4O2S. The Morgan fingerprint density at radius 2 is 1.83 bits per heavy atom. The number of nitrogens with one attached hydrogen (secondary N) is 4. The second-order valence-electron chi connectivity index (χ2n) is 7.26. The van der Waals surface area contributed by atoms with Gasteiger partial charge in [-0.05, 0) is 54.1 Å². The number of hydrogen-bond acceptors (Lipinski definition) is 4. The van der Waals surface area contributed by atoms with Crippen LogP contribution in [0.25, 0.3) is 11.0 Å². The van der Waals surface area contributed by atoms with E-state index < -0.39 is 6.04 Å². The Morgan fingerprint density at radius 3 is 2.53 bits per heavy atom. The Balaban J connectivity index is 1.51. The highest BCUT2D eigenvalue weighted by Crippen LogP contribution is 2.27. The number of carbonyl (C=O) groups is 1. The van der Waals surface area contributed by atoms with Crippen LogP contribution in [0.2, 0.25) is 0 Å². The molecule has 2 atom stereocenters. The Kier molecular flexibility index (Phi) is 5.83. The minimum absolute atomic E-state index is 0.0693. The summed E-state index contributed by atoms with van der Waals surface area (Å²) in [4.78, 5) is 30.8. The zero-order valence-corrected chi connectivity index (χ0v) is 17.7. The minimum Gasteiger partial charge on any atom is -0.325 e. The molecule has 0 spiro atoms. The van der Waals surface area contributed by atoms with E-state index in [2.05, 4.69) is 57.9 Å². The van der Waals surface area contributed by atoms with Crippen molar-refractivity contribution >= 4 is 34.0 Å². The number of H-pyrrole nitrogens is 2. The fourth-order valence-corrected chi connectivity index (χ4v) is 4.24. The van der Waals surface area contributed by atoms with Gasteiger partial charge in [0.1, 0.15) is 0 Å². The molecule has 0 bridgehead atoms. The molecule has 154 valence electrons. The predicted molar refractivity (Wildman–Crippen MR) is 122 cm³/mol. The second kappa shape index (κ2) is 8.69. The molecule has 2 aromatic carbocycles. The van der Waals surface area contributed by atoms with Gasteiger partial charge in [0, 0.05) is 10.6 Å². The van der Waals surface area contributed by atoms with Gasteiger partial charge >= 0.3 is 5.69 Å². The molecule has 0 unspecified atom stereocenters. The first-order valence-electron chi connectivity index (χ1n) is 9.94. The van der Waals surface area contributed by atoms with E-state index in [9.17, 15) is 9.59 Å². The van der Waals surface area contributed by atoms with Crippen molar-refractivity contribution in [1.82, 2.24) is 15.3 Å². The molecule has 4 aromatic rings. The number of fused-ring (bicyclic) bond motifs is 1. The first-order chi connectivity index (χ1) is 14.5. The number of anilines is 1. The van der Waals surface area contributed by atoms with Crippen LogP contribution in [-0.4, -0.2) is 21.9 Å². The fourth-order valence-electron chi connectivity index (χ4n) is 3.43. The van der Waals surface area contributed by atoms with Gasteiger partial charge in [0.05, 0.1) is 23.1 Å². The Hall–Kier alpha value is -3.16. The van der Waals surface area contributed by atoms with Gasteiger partial charge < -0.3 is 15.3 Å². The van der Waals surface area contributed by atoms with Gasteiger partial charge in [0.25, 0.3) is 0 Å². The van der Waals surface area contributed by atoms with E-state index >= 15 is 0 Å². The Morgan fingerprint density at radius 1 is 1.07 bits per heavy atom. The number of hydrogen-bond donors (Lipinski definition) is 4. The lowest BCUT2D eigenvalue weighted by atomic mass is 10.0. The number of imidazole rings is 1. The standard InChI is InChI=1S/C23H24N4O2S/c1-3-15-6-8-16(9-7-15)21(20-5-4-12-30-20)24-14(2)22(28)25-17-10-11-18-19(13-17)27-23(29)26-18/h4-14,21,24H,3H2,1-2H3,(H,25,28)(H2,26,27,29)/t14-,21+/m0/s1. The van der Waals surface area contributed by atoms with Crippen LogP contribution in [0, 0.1) is 0 Å². The largest absolute Gasteiger partial charge is 0.325 e. The molecule has 4 rings (SSSR count). The van der Waals surface area contributed by atoms with E-state index in [4.69, 9.17) is 0 Å². The summed E-state index contributed by atoms with van der Waals surface area (Å²) in [5.41, 5.74) is 4.14. The number of aromatic amines is 2. The van der Waals surface area contributed by atoms with E-state index in [0.29, 0.717) is 16.7 Å². The van der Waals surface area contributed by atoms with Crippen LogP contribution < -0.4 is 16.3 Å². The average Bonchev–Trinajstić information content (AvgIpc) is 3.40. The third-order valence-corrected chi connectivity index (χ3v) is 6.08. The quantitative estimate of drug-likeness (QED) is 0.361. The maximum atomic E-state index is 12.8. The maximum Gasteiger partial charge on any atom is 0.323 e. The summed E-state index contributed by atoms with van der Waals surface area (Å²) in [6.07, 6.45) is 0.993. The van der Waals surface area contributed by atoms with E-state index in [1.165, 1.54) is 5.56 Å². The number of aromatic nitrogens is 2. The van der Waals surface area contributed by atoms with Gasteiger partial charge in [-0.15, -0.1) is 11.3 Å². The summed E-state index contributed by atoms with van der Waals surface area (Å²) in [6, 6.07) is 17.4. The number of carbonyl (C=O) groups excluding carboxylic acids is 1. The van der Waals surface area contributed by atoms with Crippen molar-refractivity contribution in [3.63, 3.8) is 0 Å². The molecular weight excluding hydrogens is 396 g/mol. The highest BCUT2D eigenvalue weighted by molar-refractivity contribution is 7.10. The summed E-state index contributed by atoms with van der Waals surface area (Å²) in [5, 5.41) is 8.44. The summed E-state index contributed by atoms with van der Waals surface area (Å²) in [6.45, 7) is 3.99. The molecule has 0 saturated carbocycles. The highest BCUT2D eigenvalue weighted by Gasteiger charge is 2.22. The first-order valence-corrected chi connectivity index (χ1v) is 10.8. The van der Waals surface area contributed by atoms with Crippen LogP contribution in [0.3, 0.4) is 0 Å². The normalized spacial score (nSPS) is 13.3. The molecule has 4 N–H and O–H groups in total. The lowest BCUT2D eigenvalue weighted by Crippen LogP contribution is -2.40. The van der Waals surface area contributed by atoms with E-state index in [1.807, 2.05) is 18.4 Å². The Bertz CT molecular complexity index is 1190. The van der Waals surface area contributed by atoms with Crippen molar-refractivity contribution in [2.24, 2.45) is 0 Å². The van der Waals surface area contributed by atoms with Crippen molar-refractivity contribution in [1.29, 1.82) is 0 Å². The first kappa shape index (κ1) is 20.1. The molecule has 0 saturated heterocycles. The number of rotatable bonds is 7. The van der Waals surface area contributed by atoms with Gasteiger partial charge in [-0.3, -0.25) is 10.1 Å². The van der Waals surface area contributed by atoms with E-state index in [-0.39, 0.29) is 17.6 Å². The van der Waals surface area contributed by atoms with E-state index in [1.54, 1.807) is 29.5 Å². The van der Waals surface area contributed by atoms with Gasteiger partial charge in [-0.2, -0.15) is 0 Å². The molecule has 0 radical (unpaired) electrons. The molecule has 0 aliphatic heterocycles. The third-order valence-electron chi connectivity index (χ3n) is 5.14. The molecule has 1 amide bonds. The maximum absolute atomic E-state index is 12.8. The number of benzene rings is 2. The van der Waals surface area contributed by atoms with E-state index in [0.717, 1.165) is 16.9 Å². The van der Waals surface area contributed by atoms with Crippen LogP contribution in [0.4, 0.5) is 5.69 Å². The van der Waals surface area contributed by atoms with Crippen LogP contribution in [0.15, 0.2) is 64.8 Å². The molecule has 2 aromatic heterocycles. The summed E-state index contributed by atoms with van der Waals surface area (Å²) < 4.78 is 0. The van der Waals surface area contributed by atoms with Crippen LogP contribution in [0.1, 0.15) is 35.9 Å². The fraction of sp³-hybridized carbons (Fsp3) is 0.217. The van der Waals surface area contributed by atoms with Crippen LogP contribution in [-0.2, 0) is 11.2 Å². The smallest absolute Gasteiger partial charge is 0.323 e.